The van der Waals surface area contributed by atoms with Gasteiger partial charge < -0.3 is 4.57 Å². The maximum absolute atomic E-state index is 13.5. The average Bonchev–Trinajstić information content (AvgIpc) is 3.05. The number of unbranched alkanes of at least 4 members (excludes halogenated alkanes) is 2. The first kappa shape index (κ1) is 17.5. The molecule has 4 aromatic rings. The molecule has 0 spiro atoms. The van der Waals surface area contributed by atoms with Gasteiger partial charge >= 0.3 is 0 Å². The average molecular weight is 355 g/mol. The molecule has 0 aliphatic heterocycles. The third-order valence-electron chi connectivity index (χ3n) is 5.32. The van der Waals surface area contributed by atoms with Gasteiger partial charge in [-0.05, 0) is 36.2 Å². The second kappa shape index (κ2) is 7.40. The summed E-state index contributed by atoms with van der Waals surface area (Å²) >= 11 is 0. The van der Waals surface area contributed by atoms with Crippen LogP contribution < -0.4 is 0 Å². The molecule has 0 saturated heterocycles. The van der Waals surface area contributed by atoms with Crippen molar-refractivity contribution < 1.29 is 4.79 Å². The lowest BCUT2D eigenvalue weighted by molar-refractivity contribution is 0.104. The van der Waals surface area contributed by atoms with Crippen LogP contribution in [0.4, 0.5) is 0 Å². The maximum atomic E-state index is 13.5. The summed E-state index contributed by atoms with van der Waals surface area (Å²) in [5, 5.41) is 3.18. The molecular weight excluding hydrogens is 330 g/mol. The lowest BCUT2D eigenvalue weighted by Gasteiger charge is -2.05. The van der Waals surface area contributed by atoms with Gasteiger partial charge in [-0.3, -0.25) is 4.79 Å². The summed E-state index contributed by atoms with van der Waals surface area (Å²) in [5.41, 5.74) is 3.92. The lowest BCUT2D eigenvalue weighted by atomic mass is 9.96. The van der Waals surface area contributed by atoms with E-state index in [0.29, 0.717) is 0 Å². The first-order valence-electron chi connectivity index (χ1n) is 9.81. The number of aryl methyl sites for hydroxylation is 2. The Labute approximate surface area is 160 Å². The molecule has 0 atom stereocenters. The van der Waals surface area contributed by atoms with Crippen molar-refractivity contribution in [2.45, 2.75) is 39.7 Å². The number of nitrogens with zero attached hydrogens (tertiary/aromatic N) is 1. The van der Waals surface area contributed by atoms with E-state index >= 15 is 0 Å². The zero-order valence-corrected chi connectivity index (χ0v) is 16.0. The van der Waals surface area contributed by atoms with Gasteiger partial charge in [-0.25, -0.2) is 0 Å². The van der Waals surface area contributed by atoms with Crippen molar-refractivity contribution in [1.82, 2.24) is 4.57 Å². The SMILES string of the molecule is CCCCCn1cc(C(=O)c2cccc3ccccc23)c2cc(C)ccc21. The number of ketones is 1. The first-order chi connectivity index (χ1) is 13.2. The minimum absolute atomic E-state index is 0.108. The van der Waals surface area contributed by atoms with E-state index in [-0.39, 0.29) is 5.78 Å². The Bertz CT molecular complexity index is 1110. The molecule has 0 fully saturated rings. The second-order valence-electron chi connectivity index (χ2n) is 7.32. The van der Waals surface area contributed by atoms with Crippen LogP contribution in [0.2, 0.25) is 0 Å². The molecule has 4 rings (SSSR count). The van der Waals surface area contributed by atoms with Gasteiger partial charge in [-0.1, -0.05) is 73.9 Å². The van der Waals surface area contributed by atoms with Crippen LogP contribution in [0, 0.1) is 6.92 Å². The quantitative estimate of drug-likeness (QED) is 0.285. The third kappa shape index (κ3) is 3.28. The predicted molar refractivity (Wildman–Crippen MR) is 114 cm³/mol. The largest absolute Gasteiger partial charge is 0.347 e. The molecule has 1 heterocycles. The van der Waals surface area contributed by atoms with E-state index in [1.54, 1.807) is 0 Å². The van der Waals surface area contributed by atoms with Gasteiger partial charge in [0.1, 0.15) is 0 Å². The monoisotopic (exact) mass is 355 g/mol. The van der Waals surface area contributed by atoms with Crippen molar-refractivity contribution in [1.29, 1.82) is 0 Å². The van der Waals surface area contributed by atoms with E-state index in [2.05, 4.69) is 54.9 Å². The number of rotatable bonds is 6. The summed E-state index contributed by atoms with van der Waals surface area (Å²) in [6, 6.07) is 20.5. The number of hydrogen-bond acceptors (Lipinski definition) is 1. The molecule has 0 N–H and O–H groups in total. The zero-order valence-electron chi connectivity index (χ0n) is 16.0. The molecule has 2 heteroatoms. The van der Waals surface area contributed by atoms with Crippen LogP contribution in [0.3, 0.4) is 0 Å². The van der Waals surface area contributed by atoms with Gasteiger partial charge in [0.15, 0.2) is 5.78 Å². The smallest absolute Gasteiger partial charge is 0.195 e. The van der Waals surface area contributed by atoms with E-state index in [1.165, 1.54) is 18.4 Å². The van der Waals surface area contributed by atoms with Crippen molar-refractivity contribution in [2.75, 3.05) is 0 Å². The number of fused-ring (bicyclic) bond motifs is 2. The molecule has 0 unspecified atom stereocenters. The van der Waals surface area contributed by atoms with Crippen molar-refractivity contribution in [3.8, 4) is 0 Å². The number of aromatic nitrogens is 1. The molecule has 0 radical (unpaired) electrons. The molecular formula is C25H25NO. The molecule has 0 bridgehead atoms. The summed E-state index contributed by atoms with van der Waals surface area (Å²) in [6.45, 7) is 5.25. The fraction of sp³-hybridized carbons (Fsp3) is 0.240. The Kier molecular flexibility index (Phi) is 4.81. The molecule has 0 aliphatic carbocycles. The predicted octanol–water partition coefficient (Wildman–Crippen LogP) is 6.52. The van der Waals surface area contributed by atoms with Crippen molar-refractivity contribution in [2.24, 2.45) is 0 Å². The van der Waals surface area contributed by atoms with Gasteiger partial charge in [-0.2, -0.15) is 0 Å². The molecule has 2 nitrogen and oxygen atoms in total. The van der Waals surface area contributed by atoms with E-state index in [4.69, 9.17) is 0 Å². The summed E-state index contributed by atoms with van der Waals surface area (Å²) in [5.74, 6) is 0.108. The maximum Gasteiger partial charge on any atom is 0.195 e. The van der Waals surface area contributed by atoms with Gasteiger partial charge in [0.05, 0.1) is 0 Å². The molecule has 3 aromatic carbocycles. The van der Waals surface area contributed by atoms with Crippen molar-refractivity contribution in [3.63, 3.8) is 0 Å². The minimum Gasteiger partial charge on any atom is -0.347 e. The highest BCUT2D eigenvalue weighted by Gasteiger charge is 2.18. The Morgan fingerprint density at radius 2 is 1.70 bits per heavy atom. The van der Waals surface area contributed by atoms with E-state index in [0.717, 1.165) is 45.8 Å². The van der Waals surface area contributed by atoms with E-state index in [1.807, 2.05) is 30.3 Å². The van der Waals surface area contributed by atoms with Gasteiger partial charge in [-0.15, -0.1) is 0 Å². The summed E-state index contributed by atoms with van der Waals surface area (Å²) in [7, 11) is 0. The fourth-order valence-corrected chi connectivity index (χ4v) is 3.88. The molecule has 136 valence electrons. The summed E-state index contributed by atoms with van der Waals surface area (Å²) in [4.78, 5) is 13.5. The van der Waals surface area contributed by atoms with Crippen LogP contribution in [0.15, 0.2) is 66.9 Å². The normalized spacial score (nSPS) is 11.3. The number of hydrogen-bond donors (Lipinski definition) is 0. The summed E-state index contributed by atoms with van der Waals surface area (Å²) in [6.07, 6.45) is 5.60. The third-order valence-corrected chi connectivity index (χ3v) is 5.32. The Morgan fingerprint density at radius 1 is 0.889 bits per heavy atom. The van der Waals surface area contributed by atoms with Gasteiger partial charge in [0.25, 0.3) is 0 Å². The highest BCUT2D eigenvalue weighted by Crippen LogP contribution is 2.28. The van der Waals surface area contributed by atoms with Crippen LogP contribution >= 0.6 is 0 Å². The van der Waals surface area contributed by atoms with Crippen LogP contribution in [-0.2, 0) is 6.54 Å². The van der Waals surface area contributed by atoms with Crippen LogP contribution in [0.25, 0.3) is 21.7 Å². The zero-order chi connectivity index (χ0) is 18.8. The second-order valence-corrected chi connectivity index (χ2v) is 7.32. The highest BCUT2D eigenvalue weighted by molar-refractivity contribution is 6.21. The van der Waals surface area contributed by atoms with E-state index in [9.17, 15) is 4.79 Å². The molecule has 0 saturated carbocycles. The Morgan fingerprint density at radius 3 is 2.56 bits per heavy atom. The van der Waals surface area contributed by atoms with Crippen molar-refractivity contribution >= 4 is 27.5 Å². The lowest BCUT2D eigenvalue weighted by Crippen LogP contribution is -2.02. The molecule has 0 aliphatic rings. The van der Waals surface area contributed by atoms with E-state index < -0.39 is 0 Å². The number of carbonyl (C=O) groups excluding carboxylic acids is 1. The minimum atomic E-state index is 0.108. The fourth-order valence-electron chi connectivity index (χ4n) is 3.88. The standard InChI is InChI=1S/C25H25NO/c1-3-4-7-15-26-17-23(22-16-18(2)13-14-24(22)26)25(27)21-12-8-10-19-9-5-6-11-20(19)21/h5-6,8-14,16-17H,3-4,7,15H2,1-2H3. The van der Waals surface area contributed by atoms with Gasteiger partial charge in [0, 0.05) is 34.8 Å². The highest BCUT2D eigenvalue weighted by atomic mass is 16.1. The number of benzene rings is 3. The van der Waals surface area contributed by atoms with Crippen LogP contribution in [-0.4, -0.2) is 10.4 Å². The van der Waals surface area contributed by atoms with Crippen molar-refractivity contribution in [3.05, 3.63) is 83.6 Å². The van der Waals surface area contributed by atoms with Gasteiger partial charge in [0.2, 0.25) is 0 Å². The molecule has 1 aromatic heterocycles. The van der Waals surface area contributed by atoms with Crippen LogP contribution in [0.1, 0.15) is 47.7 Å². The Balaban J connectivity index is 1.84. The molecule has 0 amide bonds. The van der Waals surface area contributed by atoms with Crippen LogP contribution in [0.5, 0.6) is 0 Å². The molecule has 27 heavy (non-hydrogen) atoms. The number of carbonyl (C=O) groups is 1. The Hall–Kier alpha value is -2.87. The topological polar surface area (TPSA) is 22.0 Å². The first-order valence-corrected chi connectivity index (χ1v) is 9.81. The summed E-state index contributed by atoms with van der Waals surface area (Å²) < 4.78 is 2.25.